The maximum Gasteiger partial charge on any atom is 0.264 e. The Morgan fingerprint density at radius 2 is 2.06 bits per heavy atom. The average molecular weight is 245 g/mol. The van der Waals surface area contributed by atoms with E-state index in [1.165, 1.54) is 0 Å². The summed E-state index contributed by atoms with van der Waals surface area (Å²) >= 11 is 0. The summed E-state index contributed by atoms with van der Waals surface area (Å²) in [4.78, 5) is 0. The van der Waals surface area contributed by atoms with Crippen LogP contribution in [-0.2, 0) is 10.1 Å². The number of hydrogen-bond donors (Lipinski definition) is 2. The fraction of sp³-hybridized carbons (Fsp3) is 0.400. The van der Waals surface area contributed by atoms with Crippen LogP contribution in [0.5, 0.6) is 0 Å². The lowest BCUT2D eigenvalue weighted by molar-refractivity contribution is 0.254. The lowest BCUT2D eigenvalue weighted by Crippen LogP contribution is -2.21. The highest BCUT2D eigenvalue weighted by molar-refractivity contribution is 7.85. The smallest absolute Gasteiger partial charge is 0.264 e. The SMILES string of the molecule is Cc1cccc(N(O)CCCS(=O)(=O)O)c1. The minimum Gasteiger partial charge on any atom is -0.288 e. The molecule has 0 spiro atoms. The molecule has 0 heterocycles. The zero-order valence-electron chi connectivity index (χ0n) is 9.00. The van der Waals surface area contributed by atoms with Crippen molar-refractivity contribution in [2.75, 3.05) is 17.4 Å². The quantitative estimate of drug-likeness (QED) is 0.606. The molecular weight excluding hydrogens is 230 g/mol. The first-order valence-electron chi connectivity index (χ1n) is 4.87. The molecule has 2 N–H and O–H groups in total. The molecule has 16 heavy (non-hydrogen) atoms. The molecule has 0 radical (unpaired) electrons. The molecule has 1 aromatic carbocycles. The fourth-order valence-corrected chi connectivity index (χ4v) is 1.81. The van der Waals surface area contributed by atoms with Crippen molar-refractivity contribution in [2.24, 2.45) is 0 Å². The largest absolute Gasteiger partial charge is 0.288 e. The molecule has 0 atom stereocenters. The molecule has 1 aromatic rings. The van der Waals surface area contributed by atoms with Crippen LogP contribution in [0.25, 0.3) is 0 Å². The minimum absolute atomic E-state index is 0.156. The van der Waals surface area contributed by atoms with E-state index in [0.29, 0.717) is 5.69 Å². The van der Waals surface area contributed by atoms with Crippen LogP contribution >= 0.6 is 0 Å². The van der Waals surface area contributed by atoms with Gasteiger partial charge in [-0.3, -0.25) is 14.8 Å². The monoisotopic (exact) mass is 245 g/mol. The van der Waals surface area contributed by atoms with Gasteiger partial charge in [0.1, 0.15) is 0 Å². The molecule has 0 bridgehead atoms. The predicted octanol–water partition coefficient (Wildman–Crippen LogP) is 1.47. The van der Waals surface area contributed by atoms with Crippen molar-refractivity contribution in [3.8, 4) is 0 Å². The third-order valence-electron chi connectivity index (χ3n) is 2.07. The van der Waals surface area contributed by atoms with Crippen LogP contribution in [0.15, 0.2) is 24.3 Å². The number of hydroxylamine groups is 1. The van der Waals surface area contributed by atoms with Crippen molar-refractivity contribution in [1.82, 2.24) is 0 Å². The molecule has 0 aliphatic carbocycles. The van der Waals surface area contributed by atoms with Crippen LogP contribution in [0.1, 0.15) is 12.0 Å². The van der Waals surface area contributed by atoms with Crippen LogP contribution < -0.4 is 5.06 Å². The number of benzene rings is 1. The summed E-state index contributed by atoms with van der Waals surface area (Å²) in [5.74, 6) is -0.351. The van der Waals surface area contributed by atoms with Crippen molar-refractivity contribution < 1.29 is 18.2 Å². The first-order valence-corrected chi connectivity index (χ1v) is 6.47. The second-order valence-electron chi connectivity index (χ2n) is 3.60. The number of nitrogens with zero attached hydrogens (tertiary/aromatic N) is 1. The van der Waals surface area contributed by atoms with E-state index in [-0.39, 0.29) is 18.7 Å². The molecular formula is C10H15NO4S. The fourth-order valence-electron chi connectivity index (χ4n) is 1.31. The zero-order valence-corrected chi connectivity index (χ0v) is 9.81. The van der Waals surface area contributed by atoms with E-state index >= 15 is 0 Å². The highest BCUT2D eigenvalue weighted by Crippen LogP contribution is 2.14. The Morgan fingerprint density at radius 1 is 1.38 bits per heavy atom. The molecule has 0 unspecified atom stereocenters. The van der Waals surface area contributed by atoms with Gasteiger partial charge < -0.3 is 0 Å². The summed E-state index contributed by atoms with van der Waals surface area (Å²) in [7, 11) is -3.95. The minimum atomic E-state index is -3.95. The summed E-state index contributed by atoms with van der Waals surface area (Å²) in [6.07, 6.45) is 0.170. The maximum absolute atomic E-state index is 10.5. The molecule has 0 aromatic heterocycles. The Bertz CT molecular complexity index is 444. The Hall–Kier alpha value is -1.11. The third kappa shape index (κ3) is 4.61. The first-order chi connectivity index (χ1) is 7.38. The van der Waals surface area contributed by atoms with Crippen LogP contribution in [-0.4, -0.2) is 30.5 Å². The molecule has 0 saturated carbocycles. The van der Waals surface area contributed by atoms with Gasteiger partial charge in [-0.25, -0.2) is 0 Å². The van der Waals surface area contributed by atoms with Gasteiger partial charge in [-0.2, -0.15) is 8.42 Å². The summed E-state index contributed by atoms with van der Waals surface area (Å²) < 4.78 is 29.4. The van der Waals surface area contributed by atoms with E-state index in [4.69, 9.17) is 4.55 Å². The Labute approximate surface area is 95.0 Å². The molecule has 90 valence electrons. The van der Waals surface area contributed by atoms with Crippen LogP contribution in [0.3, 0.4) is 0 Å². The van der Waals surface area contributed by atoms with E-state index in [0.717, 1.165) is 10.6 Å². The zero-order chi connectivity index (χ0) is 12.2. The number of aryl methyl sites for hydroxylation is 1. The summed E-state index contributed by atoms with van der Waals surface area (Å²) in [6.45, 7) is 2.05. The van der Waals surface area contributed by atoms with Gasteiger partial charge in [0.2, 0.25) is 0 Å². The lowest BCUT2D eigenvalue weighted by Gasteiger charge is -2.16. The van der Waals surface area contributed by atoms with Crippen LogP contribution in [0, 0.1) is 6.92 Å². The topological polar surface area (TPSA) is 77.8 Å². The molecule has 0 fully saturated rings. The molecule has 5 nitrogen and oxygen atoms in total. The van der Waals surface area contributed by atoms with E-state index < -0.39 is 10.1 Å². The van der Waals surface area contributed by atoms with Crippen molar-refractivity contribution in [3.05, 3.63) is 29.8 Å². The summed E-state index contributed by atoms with van der Waals surface area (Å²) in [5, 5.41) is 10.6. The van der Waals surface area contributed by atoms with Gasteiger partial charge in [-0.1, -0.05) is 12.1 Å². The third-order valence-corrected chi connectivity index (χ3v) is 2.88. The number of anilines is 1. The Balaban J connectivity index is 2.50. The first kappa shape index (κ1) is 13.0. The Morgan fingerprint density at radius 3 is 2.62 bits per heavy atom. The standard InChI is InChI=1S/C10H15NO4S/c1-9-4-2-5-10(8-9)11(12)6-3-7-16(13,14)15/h2,4-5,8,12H,3,6-7H2,1H3,(H,13,14,15). The lowest BCUT2D eigenvalue weighted by atomic mass is 10.2. The van der Waals surface area contributed by atoms with Gasteiger partial charge >= 0.3 is 0 Å². The van der Waals surface area contributed by atoms with Gasteiger partial charge in [0, 0.05) is 6.54 Å². The molecule has 1 rings (SSSR count). The van der Waals surface area contributed by atoms with Gasteiger partial charge in [-0.15, -0.1) is 0 Å². The van der Waals surface area contributed by atoms with E-state index in [1.807, 2.05) is 13.0 Å². The average Bonchev–Trinajstić information content (AvgIpc) is 2.15. The summed E-state index contributed by atoms with van der Waals surface area (Å²) in [6, 6.07) is 7.21. The van der Waals surface area contributed by atoms with E-state index in [2.05, 4.69) is 0 Å². The predicted molar refractivity (Wildman–Crippen MR) is 61.3 cm³/mol. The van der Waals surface area contributed by atoms with Gasteiger partial charge in [0.25, 0.3) is 10.1 Å². The highest BCUT2D eigenvalue weighted by Gasteiger charge is 2.07. The summed E-state index contributed by atoms with van der Waals surface area (Å²) in [5.41, 5.74) is 1.61. The molecule has 0 aliphatic heterocycles. The van der Waals surface area contributed by atoms with Gasteiger partial charge in [0.05, 0.1) is 11.4 Å². The number of hydrogen-bond acceptors (Lipinski definition) is 4. The van der Waals surface area contributed by atoms with Crippen molar-refractivity contribution >= 4 is 15.8 Å². The molecule has 0 aliphatic rings. The van der Waals surface area contributed by atoms with E-state index in [9.17, 15) is 13.6 Å². The normalized spacial score (nSPS) is 11.4. The maximum atomic E-state index is 10.5. The second kappa shape index (κ2) is 5.29. The molecule has 0 amide bonds. The van der Waals surface area contributed by atoms with Crippen molar-refractivity contribution in [2.45, 2.75) is 13.3 Å². The molecule has 6 heteroatoms. The van der Waals surface area contributed by atoms with Gasteiger partial charge in [0.15, 0.2) is 0 Å². The Kier molecular flexibility index (Phi) is 4.28. The van der Waals surface area contributed by atoms with E-state index in [1.54, 1.807) is 18.2 Å². The molecule has 0 saturated heterocycles. The van der Waals surface area contributed by atoms with Gasteiger partial charge in [-0.05, 0) is 31.0 Å². The number of rotatable bonds is 5. The van der Waals surface area contributed by atoms with Crippen molar-refractivity contribution in [1.29, 1.82) is 0 Å². The second-order valence-corrected chi connectivity index (χ2v) is 5.17. The highest BCUT2D eigenvalue weighted by atomic mass is 32.2. The van der Waals surface area contributed by atoms with Crippen LogP contribution in [0.2, 0.25) is 0 Å². The van der Waals surface area contributed by atoms with Crippen molar-refractivity contribution in [3.63, 3.8) is 0 Å². The van der Waals surface area contributed by atoms with Crippen LogP contribution in [0.4, 0.5) is 5.69 Å².